The molecule has 1 aromatic heterocycles. The summed E-state index contributed by atoms with van der Waals surface area (Å²) in [4.78, 5) is 0. The van der Waals surface area contributed by atoms with E-state index in [1.807, 2.05) is 6.26 Å². The van der Waals surface area contributed by atoms with Crippen molar-refractivity contribution in [2.24, 2.45) is 5.92 Å². The lowest BCUT2D eigenvalue weighted by Crippen LogP contribution is -2.21. The summed E-state index contributed by atoms with van der Waals surface area (Å²) in [5.74, 6) is 1.78. The molecule has 3 heteroatoms. The van der Waals surface area contributed by atoms with Crippen LogP contribution in [0.25, 0.3) is 0 Å². The molecule has 0 bridgehead atoms. The molecule has 0 saturated heterocycles. The van der Waals surface area contributed by atoms with Crippen LogP contribution >= 0.6 is 0 Å². The van der Waals surface area contributed by atoms with Gasteiger partial charge in [-0.05, 0) is 37.7 Å². The van der Waals surface area contributed by atoms with Crippen molar-refractivity contribution in [3.8, 4) is 0 Å². The minimum Gasteiger partial charge on any atom is -0.467 e. The third-order valence-corrected chi connectivity index (χ3v) is 4.23. The van der Waals surface area contributed by atoms with Crippen molar-refractivity contribution in [1.29, 1.82) is 0 Å². The molecule has 1 N–H and O–H groups in total. The summed E-state index contributed by atoms with van der Waals surface area (Å²) in [5.41, 5.74) is 1.24. The van der Waals surface area contributed by atoms with E-state index in [0.29, 0.717) is 12.7 Å². The van der Waals surface area contributed by atoms with E-state index < -0.39 is 0 Å². The van der Waals surface area contributed by atoms with Crippen molar-refractivity contribution in [3.63, 3.8) is 0 Å². The SMILES string of the molecule is CC1CCCC(OCc2cc(CNC3CC3)co2)C1. The Morgan fingerprint density at radius 3 is 3.00 bits per heavy atom. The summed E-state index contributed by atoms with van der Waals surface area (Å²) in [5, 5.41) is 3.50. The minimum atomic E-state index is 0.432. The topological polar surface area (TPSA) is 34.4 Å². The smallest absolute Gasteiger partial charge is 0.129 e. The highest BCUT2D eigenvalue weighted by atomic mass is 16.5. The van der Waals surface area contributed by atoms with Gasteiger partial charge in [-0.25, -0.2) is 0 Å². The molecule has 2 fully saturated rings. The Kier molecular flexibility index (Phi) is 4.24. The van der Waals surface area contributed by atoms with E-state index in [1.54, 1.807) is 0 Å². The zero-order valence-electron chi connectivity index (χ0n) is 11.9. The zero-order valence-corrected chi connectivity index (χ0v) is 11.9. The van der Waals surface area contributed by atoms with Gasteiger partial charge in [0.05, 0.1) is 12.4 Å². The third kappa shape index (κ3) is 4.08. The molecule has 0 radical (unpaired) electrons. The molecule has 19 heavy (non-hydrogen) atoms. The number of furan rings is 1. The molecule has 0 amide bonds. The molecule has 1 heterocycles. The molecule has 3 nitrogen and oxygen atoms in total. The van der Waals surface area contributed by atoms with Crippen LogP contribution in [0.4, 0.5) is 0 Å². The maximum atomic E-state index is 5.98. The zero-order chi connectivity index (χ0) is 13.1. The van der Waals surface area contributed by atoms with Gasteiger partial charge in [0, 0.05) is 18.2 Å². The van der Waals surface area contributed by atoms with Gasteiger partial charge in [-0.15, -0.1) is 0 Å². The van der Waals surface area contributed by atoms with Gasteiger partial charge in [0.2, 0.25) is 0 Å². The summed E-state index contributed by atoms with van der Waals surface area (Å²) in [6.07, 6.45) is 10.0. The van der Waals surface area contributed by atoms with Gasteiger partial charge >= 0.3 is 0 Å². The fraction of sp³-hybridized carbons (Fsp3) is 0.750. The van der Waals surface area contributed by atoms with E-state index in [0.717, 1.165) is 24.3 Å². The predicted octanol–water partition coefficient (Wildman–Crippen LogP) is 3.63. The molecule has 1 aromatic rings. The monoisotopic (exact) mass is 263 g/mol. The summed E-state index contributed by atoms with van der Waals surface area (Å²) >= 11 is 0. The first kappa shape index (κ1) is 13.2. The van der Waals surface area contributed by atoms with Crippen molar-refractivity contribution < 1.29 is 9.15 Å². The lowest BCUT2D eigenvalue weighted by Gasteiger charge is -2.26. The quantitative estimate of drug-likeness (QED) is 0.851. The molecule has 3 rings (SSSR count). The minimum absolute atomic E-state index is 0.432. The second kappa shape index (κ2) is 6.10. The van der Waals surface area contributed by atoms with Crippen LogP contribution in [-0.2, 0) is 17.9 Å². The molecular weight excluding hydrogens is 238 g/mol. The van der Waals surface area contributed by atoms with E-state index >= 15 is 0 Å². The van der Waals surface area contributed by atoms with Gasteiger partial charge in [0.15, 0.2) is 0 Å². The maximum Gasteiger partial charge on any atom is 0.129 e. The molecule has 2 aliphatic rings. The van der Waals surface area contributed by atoms with Crippen LogP contribution in [0.1, 0.15) is 56.8 Å². The molecule has 2 aliphatic carbocycles. The van der Waals surface area contributed by atoms with Crippen LogP contribution in [0.15, 0.2) is 16.7 Å². The lowest BCUT2D eigenvalue weighted by atomic mass is 9.89. The third-order valence-electron chi connectivity index (χ3n) is 4.23. The van der Waals surface area contributed by atoms with Crippen LogP contribution in [-0.4, -0.2) is 12.1 Å². The predicted molar refractivity (Wildman–Crippen MR) is 74.8 cm³/mol. The van der Waals surface area contributed by atoms with E-state index in [9.17, 15) is 0 Å². The molecule has 0 aromatic carbocycles. The molecule has 2 unspecified atom stereocenters. The van der Waals surface area contributed by atoms with Crippen molar-refractivity contribution in [2.45, 2.75) is 70.7 Å². The first-order valence-electron chi connectivity index (χ1n) is 7.71. The van der Waals surface area contributed by atoms with Crippen LogP contribution in [0.3, 0.4) is 0 Å². The first-order chi connectivity index (χ1) is 9.29. The average Bonchev–Trinajstić information content (AvgIpc) is 3.13. The van der Waals surface area contributed by atoms with Gasteiger partial charge in [-0.2, -0.15) is 0 Å². The van der Waals surface area contributed by atoms with E-state index in [2.05, 4.69) is 18.3 Å². The van der Waals surface area contributed by atoms with Crippen molar-refractivity contribution >= 4 is 0 Å². The highest BCUT2D eigenvalue weighted by molar-refractivity contribution is 5.12. The highest BCUT2D eigenvalue weighted by Crippen LogP contribution is 2.26. The normalized spacial score (nSPS) is 27.6. The summed E-state index contributed by atoms with van der Waals surface area (Å²) < 4.78 is 11.5. The van der Waals surface area contributed by atoms with Crippen LogP contribution < -0.4 is 5.32 Å². The van der Waals surface area contributed by atoms with Gasteiger partial charge in [0.1, 0.15) is 12.4 Å². The van der Waals surface area contributed by atoms with Crippen molar-refractivity contribution in [1.82, 2.24) is 5.32 Å². The van der Waals surface area contributed by atoms with Gasteiger partial charge in [-0.3, -0.25) is 0 Å². The van der Waals surface area contributed by atoms with Crippen LogP contribution in [0.5, 0.6) is 0 Å². The fourth-order valence-electron chi connectivity index (χ4n) is 2.87. The maximum absolute atomic E-state index is 5.98. The molecule has 0 aliphatic heterocycles. The lowest BCUT2D eigenvalue weighted by molar-refractivity contribution is -0.00264. The number of ether oxygens (including phenoxy) is 1. The Balaban J connectivity index is 1.41. The second-order valence-electron chi connectivity index (χ2n) is 6.28. The van der Waals surface area contributed by atoms with Crippen molar-refractivity contribution in [2.75, 3.05) is 0 Å². The largest absolute Gasteiger partial charge is 0.467 e. The highest BCUT2D eigenvalue weighted by Gasteiger charge is 2.21. The van der Waals surface area contributed by atoms with Gasteiger partial charge < -0.3 is 14.5 Å². The summed E-state index contributed by atoms with van der Waals surface area (Å²) in [6.45, 7) is 3.87. The Hall–Kier alpha value is -0.800. The Labute approximate surface area is 115 Å². The number of hydrogen-bond acceptors (Lipinski definition) is 3. The van der Waals surface area contributed by atoms with Crippen molar-refractivity contribution in [3.05, 3.63) is 23.7 Å². The standard InChI is InChI=1S/C16H25NO2/c1-12-3-2-4-15(7-12)19-11-16-8-13(10-18-16)9-17-14-5-6-14/h8,10,12,14-15,17H,2-7,9,11H2,1H3. The van der Waals surface area contributed by atoms with Gasteiger partial charge in [-0.1, -0.05) is 19.8 Å². The van der Waals surface area contributed by atoms with E-state index in [1.165, 1.54) is 44.1 Å². The molecule has 2 atom stereocenters. The molecule has 2 saturated carbocycles. The molecule has 0 spiro atoms. The van der Waals surface area contributed by atoms with Gasteiger partial charge in [0.25, 0.3) is 0 Å². The molecular formula is C16H25NO2. The Bertz CT molecular complexity index is 397. The van der Waals surface area contributed by atoms with E-state index in [-0.39, 0.29) is 0 Å². The molecule has 106 valence electrons. The van der Waals surface area contributed by atoms with Crippen LogP contribution in [0, 0.1) is 5.92 Å². The summed E-state index contributed by atoms with van der Waals surface area (Å²) in [7, 11) is 0. The number of hydrogen-bond donors (Lipinski definition) is 1. The van der Waals surface area contributed by atoms with E-state index in [4.69, 9.17) is 9.15 Å². The van der Waals surface area contributed by atoms with Crippen LogP contribution in [0.2, 0.25) is 0 Å². The summed E-state index contributed by atoms with van der Waals surface area (Å²) in [6, 6.07) is 2.88. The fourth-order valence-corrected chi connectivity index (χ4v) is 2.87. The first-order valence-corrected chi connectivity index (χ1v) is 7.71. The second-order valence-corrected chi connectivity index (χ2v) is 6.28. The number of rotatable bonds is 6. The average molecular weight is 263 g/mol. The Morgan fingerprint density at radius 2 is 2.21 bits per heavy atom. The number of nitrogens with one attached hydrogen (secondary N) is 1. The Morgan fingerprint density at radius 1 is 1.32 bits per heavy atom.